The van der Waals surface area contributed by atoms with Crippen LogP contribution in [0.25, 0.3) is 34.2 Å². The zero-order valence-corrected chi connectivity index (χ0v) is 27.4. The number of benzene rings is 2. The molecule has 0 saturated carbocycles. The van der Waals surface area contributed by atoms with Gasteiger partial charge in [-0.25, -0.2) is 27.5 Å². The van der Waals surface area contributed by atoms with Crippen LogP contribution in [-0.4, -0.2) is 94.4 Å². The standard InChI is InChI=1S/C27H26N8O10S3/c1-27(2)44-15-17(16-45-27)31-46(36,37)22-11-23(25-13-34(32-29-25)18-3-7-20(8-4-18)47(38,39)40)28-24(12-22)26-14-35(33-30-26)19-5-9-21(10-6-19)48(41,42)43/h3-14,17,31H,15-16H2,1-2H3,(H,38,39,40)(H,41,42,43). The van der Waals surface area contributed by atoms with E-state index in [1.54, 1.807) is 13.8 Å². The Morgan fingerprint density at radius 2 is 1.10 bits per heavy atom. The lowest BCUT2D eigenvalue weighted by atomic mass is 10.2. The Balaban J connectivity index is 1.37. The third-order valence-corrected chi connectivity index (χ3v) is 10.2. The average Bonchev–Trinajstić information content (AvgIpc) is 3.73. The van der Waals surface area contributed by atoms with Crippen molar-refractivity contribution >= 4 is 30.3 Å². The van der Waals surface area contributed by atoms with Gasteiger partial charge in [0.25, 0.3) is 20.2 Å². The van der Waals surface area contributed by atoms with Crippen LogP contribution in [0.5, 0.6) is 0 Å². The largest absolute Gasteiger partial charge is 0.349 e. The van der Waals surface area contributed by atoms with E-state index >= 15 is 0 Å². The van der Waals surface area contributed by atoms with E-state index in [1.165, 1.54) is 82.4 Å². The summed E-state index contributed by atoms with van der Waals surface area (Å²) in [6.07, 6.45) is 2.88. The molecule has 0 bridgehead atoms. The molecule has 18 nitrogen and oxygen atoms in total. The quantitative estimate of drug-likeness (QED) is 0.183. The Bertz CT molecular complexity index is 2180. The third kappa shape index (κ3) is 7.32. The van der Waals surface area contributed by atoms with Gasteiger partial charge in [-0.1, -0.05) is 10.4 Å². The Labute approximate surface area is 273 Å². The summed E-state index contributed by atoms with van der Waals surface area (Å²) in [7, 11) is -13.0. The fourth-order valence-electron chi connectivity index (χ4n) is 4.53. The monoisotopic (exact) mass is 718 g/mol. The van der Waals surface area contributed by atoms with Crippen LogP contribution in [0.3, 0.4) is 0 Å². The topological polar surface area (TPSA) is 248 Å². The van der Waals surface area contributed by atoms with E-state index in [9.17, 15) is 34.4 Å². The van der Waals surface area contributed by atoms with Crippen LogP contribution in [0.4, 0.5) is 0 Å². The Morgan fingerprint density at radius 1 is 0.688 bits per heavy atom. The van der Waals surface area contributed by atoms with Gasteiger partial charge in [-0.2, -0.15) is 16.8 Å². The zero-order chi connectivity index (χ0) is 34.5. The highest BCUT2D eigenvalue weighted by Crippen LogP contribution is 2.27. The number of hydrogen-bond donors (Lipinski definition) is 3. The molecule has 0 amide bonds. The van der Waals surface area contributed by atoms with Crippen molar-refractivity contribution in [3.8, 4) is 34.2 Å². The second-order valence-corrected chi connectivity index (χ2v) is 15.5. The van der Waals surface area contributed by atoms with Gasteiger partial charge < -0.3 is 9.47 Å². The van der Waals surface area contributed by atoms with E-state index in [-0.39, 0.29) is 50.7 Å². The number of sulfonamides is 1. The van der Waals surface area contributed by atoms with Crippen molar-refractivity contribution in [2.45, 2.75) is 40.4 Å². The maximum atomic E-state index is 13.6. The number of rotatable bonds is 9. The van der Waals surface area contributed by atoms with E-state index in [4.69, 9.17) is 9.47 Å². The van der Waals surface area contributed by atoms with E-state index in [1.807, 2.05) is 0 Å². The molecule has 1 aliphatic rings. The van der Waals surface area contributed by atoms with Crippen molar-refractivity contribution in [2.24, 2.45) is 0 Å². The molecule has 5 aromatic rings. The van der Waals surface area contributed by atoms with E-state index < -0.39 is 42.1 Å². The summed E-state index contributed by atoms with van der Waals surface area (Å²) in [5.74, 6) is -0.865. The van der Waals surface area contributed by atoms with Crippen LogP contribution in [0, 0.1) is 0 Å². The normalized spacial score (nSPS) is 15.8. The van der Waals surface area contributed by atoms with Gasteiger partial charge in [-0.15, -0.1) is 10.2 Å². The van der Waals surface area contributed by atoms with Crippen molar-refractivity contribution in [3.05, 3.63) is 73.1 Å². The summed E-state index contributed by atoms with van der Waals surface area (Å²) in [5, 5.41) is 16.3. The molecule has 3 N–H and O–H groups in total. The van der Waals surface area contributed by atoms with Crippen molar-refractivity contribution in [1.29, 1.82) is 0 Å². The van der Waals surface area contributed by atoms with Gasteiger partial charge in [0.2, 0.25) is 10.0 Å². The predicted molar refractivity (Wildman–Crippen MR) is 165 cm³/mol. The molecular formula is C27H26N8O10S3. The van der Waals surface area contributed by atoms with E-state index in [0.717, 1.165) is 0 Å². The molecular weight excluding hydrogens is 693 g/mol. The van der Waals surface area contributed by atoms with Gasteiger partial charge in [0, 0.05) is 0 Å². The Hall–Kier alpha value is -4.48. The minimum atomic E-state index is -4.41. The fraction of sp³-hybridized carbons (Fsp3) is 0.222. The Morgan fingerprint density at radius 3 is 1.50 bits per heavy atom. The molecule has 252 valence electrons. The van der Waals surface area contributed by atoms with Crippen LogP contribution in [0.2, 0.25) is 0 Å². The van der Waals surface area contributed by atoms with Crippen LogP contribution >= 0.6 is 0 Å². The molecule has 4 heterocycles. The molecule has 48 heavy (non-hydrogen) atoms. The van der Waals surface area contributed by atoms with Crippen molar-refractivity contribution in [2.75, 3.05) is 13.2 Å². The van der Waals surface area contributed by atoms with Crippen LogP contribution in [-0.2, 0) is 39.7 Å². The molecule has 6 rings (SSSR count). The van der Waals surface area contributed by atoms with Crippen LogP contribution < -0.4 is 4.72 Å². The molecule has 3 aromatic heterocycles. The van der Waals surface area contributed by atoms with Gasteiger partial charge in [0.05, 0.1) is 69.1 Å². The average molecular weight is 719 g/mol. The fourth-order valence-corrected chi connectivity index (χ4v) is 6.73. The van der Waals surface area contributed by atoms with Crippen LogP contribution in [0.1, 0.15) is 13.8 Å². The molecule has 1 fully saturated rings. The summed E-state index contributed by atoms with van der Waals surface area (Å²) in [5.41, 5.74) is 1.22. The second kappa shape index (κ2) is 12.2. The summed E-state index contributed by atoms with van der Waals surface area (Å²) in [6.45, 7) is 3.55. The molecule has 2 aromatic carbocycles. The molecule has 0 spiro atoms. The van der Waals surface area contributed by atoms with Gasteiger partial charge in [0.15, 0.2) is 5.79 Å². The smallest absolute Gasteiger partial charge is 0.294 e. The van der Waals surface area contributed by atoms with E-state index in [0.29, 0.717) is 11.4 Å². The highest BCUT2D eigenvalue weighted by atomic mass is 32.2. The SMILES string of the molecule is CC1(C)OCC(NS(=O)(=O)c2cc(-c3cn(-c4ccc(S(=O)(=O)O)cc4)nn3)nc(-c3cn(-c4ccc(S(=O)(=O)O)cc4)nn3)c2)CO1. The summed E-state index contributed by atoms with van der Waals surface area (Å²) >= 11 is 0. The molecule has 21 heteroatoms. The maximum absolute atomic E-state index is 13.6. The highest BCUT2D eigenvalue weighted by Gasteiger charge is 2.32. The lowest BCUT2D eigenvalue weighted by Gasteiger charge is -2.35. The minimum Gasteiger partial charge on any atom is -0.349 e. The third-order valence-electron chi connectivity index (χ3n) is 7.01. The van der Waals surface area contributed by atoms with Crippen molar-refractivity contribution < 1.29 is 43.8 Å². The first-order valence-corrected chi connectivity index (χ1v) is 18.2. The highest BCUT2D eigenvalue weighted by molar-refractivity contribution is 7.89. The molecule has 0 atom stereocenters. The zero-order valence-electron chi connectivity index (χ0n) is 24.9. The van der Waals surface area contributed by atoms with Gasteiger partial charge in [-0.3, -0.25) is 9.11 Å². The molecule has 0 aliphatic carbocycles. The van der Waals surface area contributed by atoms with Gasteiger partial charge in [0.1, 0.15) is 11.4 Å². The number of nitrogens with one attached hydrogen (secondary N) is 1. The first-order chi connectivity index (χ1) is 22.5. The summed E-state index contributed by atoms with van der Waals surface area (Å²) in [6, 6.07) is 12.2. The summed E-state index contributed by atoms with van der Waals surface area (Å²) < 4.78 is 108. The summed E-state index contributed by atoms with van der Waals surface area (Å²) in [4.78, 5) is 3.73. The lowest BCUT2D eigenvalue weighted by molar-refractivity contribution is -0.251. The van der Waals surface area contributed by atoms with Crippen LogP contribution in [0.15, 0.2) is 87.7 Å². The number of ether oxygens (including phenoxy) is 2. The molecule has 1 saturated heterocycles. The number of nitrogens with zero attached hydrogens (tertiary/aromatic N) is 7. The Kier molecular flexibility index (Phi) is 8.49. The molecule has 0 radical (unpaired) electrons. The number of pyridine rings is 1. The second-order valence-electron chi connectivity index (χ2n) is 10.9. The molecule has 0 unspecified atom stereocenters. The van der Waals surface area contributed by atoms with Crippen molar-refractivity contribution in [1.82, 2.24) is 39.7 Å². The molecule has 1 aliphatic heterocycles. The first kappa shape index (κ1) is 33.4. The van der Waals surface area contributed by atoms with E-state index in [2.05, 4.69) is 30.3 Å². The van der Waals surface area contributed by atoms with Gasteiger partial charge >= 0.3 is 0 Å². The number of aromatic nitrogens is 7. The van der Waals surface area contributed by atoms with Crippen molar-refractivity contribution in [3.63, 3.8) is 0 Å². The lowest BCUT2D eigenvalue weighted by Crippen LogP contribution is -2.50. The predicted octanol–water partition coefficient (Wildman–Crippen LogP) is 1.50. The minimum absolute atomic E-state index is 0.0619. The first-order valence-electron chi connectivity index (χ1n) is 13.8. The number of hydrogen-bond acceptors (Lipinski definition) is 13. The maximum Gasteiger partial charge on any atom is 0.294 e. The van der Waals surface area contributed by atoms with Gasteiger partial charge in [-0.05, 0) is 74.5 Å².